The summed E-state index contributed by atoms with van der Waals surface area (Å²) >= 11 is -1.97. The Morgan fingerprint density at radius 1 is 1.78 bits per heavy atom. The number of hydrogen-bond acceptors (Lipinski definition) is 1. The van der Waals surface area contributed by atoms with E-state index in [4.69, 9.17) is 4.55 Å². The van der Waals surface area contributed by atoms with Crippen LogP contribution >= 0.6 is 0 Å². The zero-order chi connectivity index (χ0) is 6.85. The van der Waals surface area contributed by atoms with Crippen LogP contribution in [0, 0.1) is 0 Å². The summed E-state index contributed by atoms with van der Waals surface area (Å²) in [6.07, 6.45) is -0.534. The van der Waals surface area contributed by atoms with E-state index in [2.05, 4.69) is 0 Å². The van der Waals surface area contributed by atoms with Gasteiger partial charge in [-0.25, -0.2) is 8.60 Å². The Kier molecular flexibility index (Phi) is 2.15. The first-order valence-electron chi connectivity index (χ1n) is 2.70. The molecule has 0 amide bonds. The van der Waals surface area contributed by atoms with Gasteiger partial charge in [-0.1, -0.05) is 0 Å². The van der Waals surface area contributed by atoms with Crippen molar-refractivity contribution in [2.45, 2.75) is 12.6 Å². The van der Waals surface area contributed by atoms with E-state index in [1.165, 1.54) is 4.31 Å². The molecule has 1 N–H and O–H groups in total. The maximum atomic E-state index is 12.2. The Bertz CT molecular complexity index is 132. The van der Waals surface area contributed by atoms with Crippen LogP contribution < -0.4 is 0 Å². The highest BCUT2D eigenvalue weighted by molar-refractivity contribution is 7.76. The second-order valence-corrected chi connectivity index (χ2v) is 2.98. The lowest BCUT2D eigenvalue weighted by atomic mass is 10.4. The lowest BCUT2D eigenvalue weighted by Crippen LogP contribution is -2.22. The van der Waals surface area contributed by atoms with Gasteiger partial charge >= 0.3 is 0 Å². The van der Waals surface area contributed by atoms with E-state index >= 15 is 0 Å². The molecule has 3 nitrogen and oxygen atoms in total. The molecule has 1 rings (SSSR count). The van der Waals surface area contributed by atoms with E-state index in [9.17, 15) is 8.60 Å². The number of nitrogens with zero attached hydrogens (tertiary/aromatic N) is 1. The molecule has 9 heavy (non-hydrogen) atoms. The predicted molar refractivity (Wildman–Crippen MR) is 31.9 cm³/mol. The SMILES string of the molecule is O=S(O)N1CC[C@@H](F)C1. The maximum absolute atomic E-state index is 12.2. The van der Waals surface area contributed by atoms with Crippen molar-refractivity contribution in [1.82, 2.24) is 4.31 Å². The van der Waals surface area contributed by atoms with Crippen molar-refractivity contribution in [3.63, 3.8) is 0 Å². The lowest BCUT2D eigenvalue weighted by molar-refractivity contribution is 0.341. The Labute approximate surface area is 55.3 Å². The lowest BCUT2D eigenvalue weighted by Gasteiger charge is -2.05. The molecule has 0 aliphatic carbocycles. The van der Waals surface area contributed by atoms with Gasteiger partial charge in [-0.15, -0.1) is 0 Å². The molecule has 1 aliphatic rings. The van der Waals surface area contributed by atoms with Crippen molar-refractivity contribution < 1.29 is 13.2 Å². The summed E-state index contributed by atoms with van der Waals surface area (Å²) < 4.78 is 32.1. The minimum Gasteiger partial charge on any atom is -0.294 e. The van der Waals surface area contributed by atoms with Crippen LogP contribution in [0.15, 0.2) is 0 Å². The van der Waals surface area contributed by atoms with Gasteiger partial charge in [0, 0.05) is 13.1 Å². The van der Waals surface area contributed by atoms with Gasteiger partial charge in [0.25, 0.3) is 0 Å². The van der Waals surface area contributed by atoms with E-state index in [0.29, 0.717) is 13.0 Å². The molecule has 0 bridgehead atoms. The quantitative estimate of drug-likeness (QED) is 0.545. The fourth-order valence-corrected chi connectivity index (χ4v) is 1.38. The zero-order valence-corrected chi connectivity index (χ0v) is 5.60. The summed E-state index contributed by atoms with van der Waals surface area (Å²) in [5, 5.41) is 0. The minimum atomic E-state index is -1.97. The molecule has 1 saturated heterocycles. The molecule has 0 saturated carbocycles. The molecule has 0 aromatic heterocycles. The summed E-state index contributed by atoms with van der Waals surface area (Å²) in [4.78, 5) is 0. The second-order valence-electron chi connectivity index (χ2n) is 2.00. The third-order valence-electron chi connectivity index (χ3n) is 1.31. The van der Waals surface area contributed by atoms with E-state index in [1.54, 1.807) is 0 Å². The number of alkyl halides is 1. The monoisotopic (exact) mass is 153 g/mol. The standard InChI is InChI=1S/C4H8FNO2S/c5-4-1-2-6(3-4)9(7)8/h4H,1-3H2,(H,7,8)/t4-/m1/s1. The van der Waals surface area contributed by atoms with Crippen molar-refractivity contribution in [1.29, 1.82) is 0 Å². The molecule has 54 valence electrons. The van der Waals surface area contributed by atoms with Gasteiger partial charge in [0.15, 0.2) is 0 Å². The summed E-state index contributed by atoms with van der Waals surface area (Å²) in [7, 11) is 0. The summed E-state index contributed by atoms with van der Waals surface area (Å²) in [5.41, 5.74) is 0. The van der Waals surface area contributed by atoms with Crippen molar-refractivity contribution >= 4 is 11.3 Å². The van der Waals surface area contributed by atoms with E-state index in [0.717, 1.165) is 0 Å². The van der Waals surface area contributed by atoms with Crippen molar-refractivity contribution in [3.05, 3.63) is 0 Å². The molecule has 5 heteroatoms. The highest BCUT2D eigenvalue weighted by atomic mass is 32.2. The summed E-state index contributed by atoms with van der Waals surface area (Å²) in [6, 6.07) is 0. The van der Waals surface area contributed by atoms with Gasteiger partial charge in [-0.3, -0.25) is 4.55 Å². The first-order valence-corrected chi connectivity index (χ1v) is 3.76. The fourth-order valence-electron chi connectivity index (χ4n) is 0.829. The topological polar surface area (TPSA) is 40.5 Å². The first kappa shape index (κ1) is 7.11. The normalized spacial score (nSPS) is 32.9. The van der Waals surface area contributed by atoms with Crippen molar-refractivity contribution in [3.8, 4) is 0 Å². The largest absolute Gasteiger partial charge is 0.294 e. The fraction of sp³-hybridized carbons (Fsp3) is 1.00. The maximum Gasteiger partial charge on any atom is 0.234 e. The van der Waals surface area contributed by atoms with Crippen molar-refractivity contribution in [2.24, 2.45) is 0 Å². The van der Waals surface area contributed by atoms with Crippen LogP contribution in [0.2, 0.25) is 0 Å². The van der Waals surface area contributed by atoms with Gasteiger partial charge in [-0.2, -0.15) is 4.31 Å². The molecule has 1 fully saturated rings. The molecule has 1 heterocycles. The minimum absolute atomic E-state index is 0.100. The van der Waals surface area contributed by atoms with Gasteiger partial charge in [0.2, 0.25) is 11.3 Å². The average Bonchev–Trinajstić information content (AvgIpc) is 2.14. The molecule has 1 aliphatic heterocycles. The van der Waals surface area contributed by atoms with Gasteiger partial charge < -0.3 is 0 Å². The van der Waals surface area contributed by atoms with Gasteiger partial charge in [-0.05, 0) is 6.42 Å². The molecule has 2 atom stereocenters. The highest BCUT2D eigenvalue weighted by Crippen LogP contribution is 2.12. The van der Waals surface area contributed by atoms with E-state index in [1.807, 2.05) is 0 Å². The smallest absolute Gasteiger partial charge is 0.234 e. The first-order chi connectivity index (χ1) is 4.20. The second kappa shape index (κ2) is 2.72. The van der Waals surface area contributed by atoms with Crippen LogP contribution in [0.1, 0.15) is 6.42 Å². The van der Waals surface area contributed by atoms with Crippen LogP contribution in [0.25, 0.3) is 0 Å². The highest BCUT2D eigenvalue weighted by Gasteiger charge is 2.24. The third-order valence-corrected chi connectivity index (χ3v) is 2.09. The molecular formula is C4H8FNO2S. The zero-order valence-electron chi connectivity index (χ0n) is 4.79. The average molecular weight is 153 g/mol. The van der Waals surface area contributed by atoms with Crippen LogP contribution in [0.4, 0.5) is 4.39 Å². The van der Waals surface area contributed by atoms with Crippen LogP contribution in [0.3, 0.4) is 0 Å². The number of hydrogen-bond donors (Lipinski definition) is 1. The van der Waals surface area contributed by atoms with E-state index in [-0.39, 0.29) is 6.54 Å². The Balaban J connectivity index is 2.39. The van der Waals surface area contributed by atoms with Crippen LogP contribution in [-0.2, 0) is 11.3 Å². The van der Waals surface area contributed by atoms with Gasteiger partial charge in [0.1, 0.15) is 6.17 Å². The summed E-state index contributed by atoms with van der Waals surface area (Å²) in [5.74, 6) is 0. The van der Waals surface area contributed by atoms with Gasteiger partial charge in [0.05, 0.1) is 0 Å². The Morgan fingerprint density at radius 3 is 2.67 bits per heavy atom. The van der Waals surface area contributed by atoms with Crippen molar-refractivity contribution in [2.75, 3.05) is 13.1 Å². The molecule has 1 unspecified atom stereocenters. The number of rotatable bonds is 1. The molecular weight excluding hydrogens is 145 g/mol. The molecule has 0 aromatic carbocycles. The number of halogens is 1. The molecule has 0 spiro atoms. The Hall–Kier alpha value is -0.0000000000000000555. The van der Waals surface area contributed by atoms with Crippen LogP contribution in [0.5, 0.6) is 0 Å². The molecule has 0 radical (unpaired) electrons. The summed E-state index contributed by atoms with van der Waals surface area (Å²) in [6.45, 7) is 0.493. The third kappa shape index (κ3) is 1.70. The predicted octanol–water partition coefficient (Wildman–Crippen LogP) is 0.167. The molecule has 0 aromatic rings. The Morgan fingerprint density at radius 2 is 2.44 bits per heavy atom. The van der Waals surface area contributed by atoms with E-state index < -0.39 is 17.4 Å². The van der Waals surface area contributed by atoms with Crippen LogP contribution in [-0.4, -0.2) is 32.3 Å².